The molecule has 1 amide bonds. The molecule has 21 heavy (non-hydrogen) atoms. The summed E-state index contributed by atoms with van der Waals surface area (Å²) in [6, 6.07) is 3.58. The first-order valence-electron chi connectivity index (χ1n) is 7.12. The molecule has 1 N–H and O–H groups in total. The Kier molecular flexibility index (Phi) is 5.61. The third-order valence-electron chi connectivity index (χ3n) is 3.77. The molecule has 0 radical (unpaired) electrons. The van der Waals surface area contributed by atoms with Crippen molar-refractivity contribution in [2.75, 3.05) is 19.3 Å². The number of hydrogen-bond acceptors (Lipinski definition) is 4. The lowest BCUT2D eigenvalue weighted by Gasteiger charge is -2.33. The molecule has 1 aromatic heterocycles. The van der Waals surface area contributed by atoms with Gasteiger partial charge in [0.05, 0.1) is 5.56 Å². The molecule has 1 unspecified atom stereocenters. The maximum absolute atomic E-state index is 12.6. The number of carbonyl (C=O) groups is 2. The normalized spacial score (nSPS) is 18.5. The number of aliphatic carboxylic acids is 1. The predicted molar refractivity (Wildman–Crippen MR) is 81.5 cm³/mol. The van der Waals surface area contributed by atoms with Crippen molar-refractivity contribution < 1.29 is 14.7 Å². The number of amides is 1. The van der Waals surface area contributed by atoms with Crippen LogP contribution >= 0.6 is 11.8 Å². The van der Waals surface area contributed by atoms with Crippen molar-refractivity contribution in [1.29, 1.82) is 0 Å². The number of carbonyl (C=O) groups excluding carboxylic acids is 1. The summed E-state index contributed by atoms with van der Waals surface area (Å²) in [5.41, 5.74) is 0.642. The van der Waals surface area contributed by atoms with Crippen LogP contribution in [0.15, 0.2) is 23.4 Å². The lowest BCUT2D eigenvalue weighted by molar-refractivity contribution is -0.137. The van der Waals surface area contributed by atoms with Crippen molar-refractivity contribution in [3.05, 3.63) is 23.9 Å². The van der Waals surface area contributed by atoms with E-state index in [4.69, 9.17) is 5.11 Å². The van der Waals surface area contributed by atoms with Crippen LogP contribution in [0, 0.1) is 5.92 Å². The second-order valence-corrected chi connectivity index (χ2v) is 6.05. The van der Waals surface area contributed by atoms with Gasteiger partial charge in [-0.15, -0.1) is 11.8 Å². The van der Waals surface area contributed by atoms with Crippen molar-refractivity contribution in [3.8, 4) is 0 Å². The molecule has 5 nitrogen and oxygen atoms in total. The molecule has 2 rings (SSSR count). The van der Waals surface area contributed by atoms with E-state index in [1.807, 2.05) is 17.2 Å². The van der Waals surface area contributed by atoms with Gasteiger partial charge in [0.25, 0.3) is 5.91 Å². The predicted octanol–water partition coefficient (Wildman–Crippen LogP) is 2.52. The van der Waals surface area contributed by atoms with E-state index in [0.29, 0.717) is 18.5 Å². The van der Waals surface area contributed by atoms with Gasteiger partial charge in [0, 0.05) is 25.7 Å². The number of likely N-dealkylation sites (tertiary alicyclic amines) is 1. The number of pyridine rings is 1. The summed E-state index contributed by atoms with van der Waals surface area (Å²) in [6.07, 6.45) is 6.35. The van der Waals surface area contributed by atoms with Crippen LogP contribution < -0.4 is 0 Å². The van der Waals surface area contributed by atoms with Crippen LogP contribution in [0.3, 0.4) is 0 Å². The quantitative estimate of drug-likeness (QED) is 0.846. The highest BCUT2D eigenvalue weighted by atomic mass is 32.2. The average Bonchev–Trinajstić information content (AvgIpc) is 2.52. The third-order valence-corrected chi connectivity index (χ3v) is 4.48. The summed E-state index contributed by atoms with van der Waals surface area (Å²) in [4.78, 5) is 29.4. The van der Waals surface area contributed by atoms with Crippen molar-refractivity contribution in [2.24, 2.45) is 5.92 Å². The summed E-state index contributed by atoms with van der Waals surface area (Å²) in [5.74, 6) is -0.476. The number of carboxylic acids is 1. The Labute approximate surface area is 128 Å². The maximum atomic E-state index is 12.6. The monoisotopic (exact) mass is 308 g/mol. The Morgan fingerprint density at radius 2 is 2.33 bits per heavy atom. The minimum atomic E-state index is -0.768. The zero-order valence-corrected chi connectivity index (χ0v) is 12.9. The third kappa shape index (κ3) is 4.20. The molecule has 0 saturated carbocycles. The first-order chi connectivity index (χ1) is 10.1. The largest absolute Gasteiger partial charge is 0.481 e. The zero-order valence-electron chi connectivity index (χ0n) is 12.1. The van der Waals surface area contributed by atoms with Crippen molar-refractivity contribution in [3.63, 3.8) is 0 Å². The van der Waals surface area contributed by atoms with E-state index in [1.54, 1.807) is 12.3 Å². The molecule has 1 aliphatic heterocycles. The maximum Gasteiger partial charge on any atom is 0.303 e. The van der Waals surface area contributed by atoms with Crippen molar-refractivity contribution in [1.82, 2.24) is 9.88 Å². The fourth-order valence-electron chi connectivity index (χ4n) is 2.70. The SMILES string of the molecule is CSc1ncccc1C(=O)N1CCCC(CCC(=O)O)C1. The summed E-state index contributed by atoms with van der Waals surface area (Å²) >= 11 is 1.47. The Hall–Kier alpha value is -1.56. The lowest BCUT2D eigenvalue weighted by Crippen LogP contribution is -2.40. The zero-order chi connectivity index (χ0) is 15.2. The molecule has 1 aromatic rings. The summed E-state index contributed by atoms with van der Waals surface area (Å²) in [7, 11) is 0. The minimum Gasteiger partial charge on any atom is -0.481 e. The number of aromatic nitrogens is 1. The Morgan fingerprint density at radius 3 is 3.05 bits per heavy atom. The number of piperidine rings is 1. The molecular weight excluding hydrogens is 288 g/mol. The van der Waals surface area contributed by atoms with E-state index < -0.39 is 5.97 Å². The fourth-order valence-corrected chi connectivity index (χ4v) is 3.24. The van der Waals surface area contributed by atoms with Crippen LogP contribution in [-0.4, -0.2) is 46.2 Å². The van der Waals surface area contributed by atoms with E-state index in [2.05, 4.69) is 4.98 Å². The molecule has 1 aliphatic rings. The second kappa shape index (κ2) is 7.45. The lowest BCUT2D eigenvalue weighted by atomic mass is 9.93. The van der Waals surface area contributed by atoms with Gasteiger partial charge in [-0.1, -0.05) is 0 Å². The van der Waals surface area contributed by atoms with Crippen LogP contribution in [0.5, 0.6) is 0 Å². The van der Waals surface area contributed by atoms with Gasteiger partial charge in [0.1, 0.15) is 5.03 Å². The number of nitrogens with zero attached hydrogens (tertiary/aromatic N) is 2. The van der Waals surface area contributed by atoms with Gasteiger partial charge in [-0.2, -0.15) is 0 Å². The molecule has 1 atom stereocenters. The Bertz CT molecular complexity index is 521. The molecule has 0 aromatic carbocycles. The van der Waals surface area contributed by atoms with Gasteiger partial charge in [-0.3, -0.25) is 9.59 Å². The summed E-state index contributed by atoms with van der Waals surface area (Å²) in [5, 5.41) is 9.52. The number of hydrogen-bond donors (Lipinski definition) is 1. The van der Waals surface area contributed by atoms with Gasteiger partial charge in [0.2, 0.25) is 0 Å². The molecule has 0 spiro atoms. The van der Waals surface area contributed by atoms with Gasteiger partial charge in [0.15, 0.2) is 0 Å². The summed E-state index contributed by atoms with van der Waals surface area (Å²) in [6.45, 7) is 1.39. The second-order valence-electron chi connectivity index (χ2n) is 5.25. The first-order valence-corrected chi connectivity index (χ1v) is 8.34. The smallest absolute Gasteiger partial charge is 0.303 e. The number of rotatable bonds is 5. The van der Waals surface area contributed by atoms with Crippen LogP contribution in [0.4, 0.5) is 0 Å². The molecular formula is C15H20N2O3S. The molecule has 0 aliphatic carbocycles. The van der Waals surface area contributed by atoms with Gasteiger partial charge in [-0.25, -0.2) is 4.98 Å². The average molecular weight is 308 g/mol. The molecule has 6 heteroatoms. The molecule has 1 fully saturated rings. The first kappa shape index (κ1) is 15.8. The minimum absolute atomic E-state index is 0.00692. The number of carboxylic acid groups (broad SMARTS) is 1. The van der Waals surface area contributed by atoms with Gasteiger partial charge >= 0.3 is 5.97 Å². The van der Waals surface area contributed by atoms with E-state index in [0.717, 1.165) is 24.4 Å². The van der Waals surface area contributed by atoms with Crippen LogP contribution in [0.25, 0.3) is 0 Å². The topological polar surface area (TPSA) is 70.5 Å². The van der Waals surface area contributed by atoms with Gasteiger partial charge < -0.3 is 10.0 Å². The highest BCUT2D eigenvalue weighted by Crippen LogP contribution is 2.24. The summed E-state index contributed by atoms with van der Waals surface area (Å²) < 4.78 is 0. The van der Waals surface area contributed by atoms with E-state index in [1.165, 1.54) is 11.8 Å². The Morgan fingerprint density at radius 1 is 1.52 bits per heavy atom. The molecule has 0 bridgehead atoms. The molecule has 114 valence electrons. The number of thioether (sulfide) groups is 1. The van der Waals surface area contributed by atoms with E-state index in [-0.39, 0.29) is 18.2 Å². The van der Waals surface area contributed by atoms with Crippen LogP contribution in [0.1, 0.15) is 36.0 Å². The van der Waals surface area contributed by atoms with E-state index in [9.17, 15) is 9.59 Å². The van der Waals surface area contributed by atoms with Gasteiger partial charge in [-0.05, 0) is 43.6 Å². The molecule has 2 heterocycles. The Balaban J connectivity index is 2.03. The van der Waals surface area contributed by atoms with Crippen LogP contribution in [-0.2, 0) is 4.79 Å². The highest BCUT2D eigenvalue weighted by molar-refractivity contribution is 7.98. The van der Waals surface area contributed by atoms with Crippen molar-refractivity contribution in [2.45, 2.75) is 30.7 Å². The molecule has 1 saturated heterocycles. The van der Waals surface area contributed by atoms with Crippen molar-refractivity contribution >= 4 is 23.6 Å². The standard InChI is InChI=1S/C15H20N2O3S/c1-21-14-12(5-2-8-16-14)15(20)17-9-3-4-11(10-17)6-7-13(18)19/h2,5,8,11H,3-4,6-7,9-10H2,1H3,(H,18,19). The highest BCUT2D eigenvalue weighted by Gasteiger charge is 2.26. The van der Waals surface area contributed by atoms with Crippen LogP contribution in [0.2, 0.25) is 0 Å². The van der Waals surface area contributed by atoms with E-state index >= 15 is 0 Å². The fraction of sp³-hybridized carbons (Fsp3) is 0.533.